The SMILES string of the molecule is O=C(c1cccc(OC(F)F)c1)N1CCC[C@H](c2ccncn2)C1. The van der Waals surface area contributed by atoms with E-state index in [1.165, 1.54) is 24.5 Å². The van der Waals surface area contributed by atoms with E-state index in [2.05, 4.69) is 14.7 Å². The minimum absolute atomic E-state index is 0.0137. The van der Waals surface area contributed by atoms with Crippen molar-refractivity contribution in [2.75, 3.05) is 13.1 Å². The summed E-state index contributed by atoms with van der Waals surface area (Å²) in [5.41, 5.74) is 1.26. The van der Waals surface area contributed by atoms with Crippen molar-refractivity contribution in [3.8, 4) is 5.75 Å². The Bertz CT molecular complexity index is 697. The molecule has 0 N–H and O–H groups in total. The van der Waals surface area contributed by atoms with E-state index in [9.17, 15) is 13.6 Å². The molecule has 1 aromatic carbocycles. The number of amides is 1. The number of rotatable bonds is 4. The Labute approximate surface area is 138 Å². The monoisotopic (exact) mass is 333 g/mol. The molecule has 0 bridgehead atoms. The number of likely N-dealkylation sites (tertiary alicyclic amines) is 1. The Morgan fingerprint density at radius 1 is 1.33 bits per heavy atom. The van der Waals surface area contributed by atoms with Gasteiger partial charge in [-0.3, -0.25) is 4.79 Å². The third kappa shape index (κ3) is 3.84. The van der Waals surface area contributed by atoms with Gasteiger partial charge in [-0.2, -0.15) is 8.78 Å². The van der Waals surface area contributed by atoms with Gasteiger partial charge in [0, 0.05) is 36.5 Å². The summed E-state index contributed by atoms with van der Waals surface area (Å²) in [7, 11) is 0. The van der Waals surface area contributed by atoms with E-state index in [1.54, 1.807) is 17.2 Å². The zero-order chi connectivity index (χ0) is 16.9. The van der Waals surface area contributed by atoms with Crippen LogP contribution in [0.1, 0.15) is 34.8 Å². The van der Waals surface area contributed by atoms with Crippen LogP contribution in [-0.2, 0) is 0 Å². The van der Waals surface area contributed by atoms with E-state index >= 15 is 0 Å². The van der Waals surface area contributed by atoms with Gasteiger partial charge in [-0.1, -0.05) is 6.07 Å². The van der Waals surface area contributed by atoms with Crippen LogP contribution in [0.5, 0.6) is 5.75 Å². The normalized spacial score (nSPS) is 17.8. The predicted octanol–water partition coefficient (Wildman–Crippen LogP) is 3.10. The van der Waals surface area contributed by atoms with Crippen LogP contribution in [0.2, 0.25) is 0 Å². The van der Waals surface area contributed by atoms with Crippen molar-refractivity contribution in [2.45, 2.75) is 25.4 Å². The number of hydrogen-bond donors (Lipinski definition) is 0. The first-order chi connectivity index (χ1) is 11.6. The van der Waals surface area contributed by atoms with Gasteiger partial charge >= 0.3 is 6.61 Å². The van der Waals surface area contributed by atoms with Gasteiger partial charge in [-0.25, -0.2) is 9.97 Å². The molecule has 0 saturated carbocycles. The van der Waals surface area contributed by atoms with E-state index in [0.717, 1.165) is 18.5 Å². The van der Waals surface area contributed by atoms with Crippen LogP contribution in [0, 0.1) is 0 Å². The van der Waals surface area contributed by atoms with Gasteiger partial charge < -0.3 is 9.64 Å². The summed E-state index contributed by atoms with van der Waals surface area (Å²) < 4.78 is 29.0. The van der Waals surface area contributed by atoms with E-state index in [1.807, 2.05) is 6.07 Å². The molecule has 0 spiro atoms. The largest absolute Gasteiger partial charge is 0.435 e. The molecule has 0 aliphatic carbocycles. The number of piperidine rings is 1. The zero-order valence-electron chi connectivity index (χ0n) is 12.9. The first-order valence-electron chi connectivity index (χ1n) is 7.73. The minimum atomic E-state index is -2.91. The Kier molecular flexibility index (Phi) is 4.98. The molecule has 2 aromatic rings. The fraction of sp³-hybridized carbons (Fsp3) is 0.353. The van der Waals surface area contributed by atoms with Gasteiger partial charge in [-0.15, -0.1) is 0 Å². The summed E-state index contributed by atoms with van der Waals surface area (Å²) in [6, 6.07) is 7.76. The fourth-order valence-electron chi connectivity index (χ4n) is 2.93. The lowest BCUT2D eigenvalue weighted by Gasteiger charge is -2.32. The molecule has 5 nitrogen and oxygen atoms in total. The summed E-state index contributed by atoms with van der Waals surface area (Å²) in [5.74, 6) is -0.0418. The standard InChI is InChI=1S/C17H17F2N3O2/c18-17(19)24-14-5-1-3-12(9-14)16(23)22-8-2-4-13(10-22)15-6-7-20-11-21-15/h1,3,5-7,9,11,13,17H,2,4,8,10H2/t13-/m0/s1. The number of nitrogens with zero attached hydrogens (tertiary/aromatic N) is 3. The predicted molar refractivity (Wildman–Crippen MR) is 83.0 cm³/mol. The summed E-state index contributed by atoms with van der Waals surface area (Å²) >= 11 is 0. The third-order valence-electron chi connectivity index (χ3n) is 4.04. The molecule has 126 valence electrons. The molecule has 1 atom stereocenters. The molecule has 24 heavy (non-hydrogen) atoms. The highest BCUT2D eigenvalue weighted by Crippen LogP contribution is 2.26. The van der Waals surface area contributed by atoms with Crippen molar-refractivity contribution >= 4 is 5.91 Å². The van der Waals surface area contributed by atoms with Gasteiger partial charge in [0.1, 0.15) is 12.1 Å². The molecule has 1 amide bonds. The number of carbonyl (C=O) groups excluding carboxylic acids is 1. The van der Waals surface area contributed by atoms with Crippen LogP contribution in [0.4, 0.5) is 8.78 Å². The second kappa shape index (κ2) is 7.33. The number of ether oxygens (including phenoxy) is 1. The van der Waals surface area contributed by atoms with Crippen molar-refractivity contribution in [2.24, 2.45) is 0 Å². The Morgan fingerprint density at radius 3 is 2.96 bits per heavy atom. The third-order valence-corrected chi connectivity index (χ3v) is 4.04. The fourth-order valence-corrected chi connectivity index (χ4v) is 2.93. The average molecular weight is 333 g/mol. The van der Waals surface area contributed by atoms with Crippen LogP contribution in [0.25, 0.3) is 0 Å². The van der Waals surface area contributed by atoms with Crippen molar-refractivity contribution in [3.05, 3.63) is 54.1 Å². The molecule has 1 aliphatic heterocycles. The minimum Gasteiger partial charge on any atom is -0.435 e. The Balaban J connectivity index is 1.72. The molecule has 7 heteroatoms. The quantitative estimate of drug-likeness (QED) is 0.863. The Morgan fingerprint density at radius 2 is 2.21 bits per heavy atom. The molecule has 2 heterocycles. The highest BCUT2D eigenvalue weighted by molar-refractivity contribution is 5.94. The first kappa shape index (κ1) is 16.3. The molecule has 1 fully saturated rings. The highest BCUT2D eigenvalue weighted by Gasteiger charge is 2.26. The molecular weight excluding hydrogens is 316 g/mol. The maximum atomic E-state index is 12.7. The number of aromatic nitrogens is 2. The smallest absolute Gasteiger partial charge is 0.387 e. The van der Waals surface area contributed by atoms with Gasteiger partial charge in [0.2, 0.25) is 0 Å². The van der Waals surface area contributed by atoms with Crippen LogP contribution >= 0.6 is 0 Å². The maximum Gasteiger partial charge on any atom is 0.387 e. The lowest BCUT2D eigenvalue weighted by molar-refractivity contribution is -0.0499. The second-order valence-corrected chi connectivity index (χ2v) is 5.63. The number of carbonyl (C=O) groups is 1. The molecule has 1 saturated heterocycles. The number of hydrogen-bond acceptors (Lipinski definition) is 4. The maximum absolute atomic E-state index is 12.7. The van der Waals surface area contributed by atoms with E-state index in [-0.39, 0.29) is 17.6 Å². The van der Waals surface area contributed by atoms with Crippen molar-refractivity contribution in [3.63, 3.8) is 0 Å². The summed E-state index contributed by atoms with van der Waals surface area (Å²) in [5, 5.41) is 0. The van der Waals surface area contributed by atoms with Crippen molar-refractivity contribution < 1.29 is 18.3 Å². The lowest BCUT2D eigenvalue weighted by Crippen LogP contribution is -2.39. The van der Waals surface area contributed by atoms with E-state index in [0.29, 0.717) is 18.7 Å². The lowest BCUT2D eigenvalue weighted by atomic mass is 9.94. The second-order valence-electron chi connectivity index (χ2n) is 5.63. The molecule has 1 aromatic heterocycles. The van der Waals surface area contributed by atoms with Crippen molar-refractivity contribution in [1.82, 2.24) is 14.9 Å². The summed E-state index contributed by atoms with van der Waals surface area (Å²) in [6.07, 6.45) is 5.01. The number of benzene rings is 1. The Hall–Kier alpha value is -2.57. The number of alkyl halides is 2. The summed E-state index contributed by atoms with van der Waals surface area (Å²) in [4.78, 5) is 22.6. The molecule has 3 rings (SSSR count). The summed E-state index contributed by atoms with van der Waals surface area (Å²) in [6.45, 7) is -1.72. The highest BCUT2D eigenvalue weighted by atomic mass is 19.3. The average Bonchev–Trinajstić information content (AvgIpc) is 2.62. The van der Waals surface area contributed by atoms with Gasteiger partial charge in [0.25, 0.3) is 5.91 Å². The van der Waals surface area contributed by atoms with E-state index in [4.69, 9.17) is 0 Å². The zero-order valence-corrected chi connectivity index (χ0v) is 12.9. The molecule has 0 unspecified atom stereocenters. The van der Waals surface area contributed by atoms with Crippen LogP contribution in [0.15, 0.2) is 42.9 Å². The van der Waals surface area contributed by atoms with Gasteiger partial charge in [0.15, 0.2) is 0 Å². The van der Waals surface area contributed by atoms with Crippen LogP contribution in [-0.4, -0.2) is 40.5 Å². The number of halogens is 2. The molecule has 0 radical (unpaired) electrons. The molecule has 1 aliphatic rings. The first-order valence-corrected chi connectivity index (χ1v) is 7.73. The van der Waals surface area contributed by atoms with E-state index < -0.39 is 6.61 Å². The molecular formula is C17H17F2N3O2. The topological polar surface area (TPSA) is 55.3 Å². The van der Waals surface area contributed by atoms with Gasteiger partial charge in [0.05, 0.1) is 0 Å². The van der Waals surface area contributed by atoms with Crippen molar-refractivity contribution in [1.29, 1.82) is 0 Å². The van der Waals surface area contributed by atoms with Gasteiger partial charge in [-0.05, 0) is 37.1 Å². The van der Waals surface area contributed by atoms with Crippen LogP contribution in [0.3, 0.4) is 0 Å². The van der Waals surface area contributed by atoms with Crippen LogP contribution < -0.4 is 4.74 Å².